The maximum absolute atomic E-state index is 14.1. The Bertz CT molecular complexity index is 543. The number of ether oxygens (including phenoxy) is 2. The van der Waals surface area contributed by atoms with Crippen LogP contribution >= 0.6 is 0 Å². The Hall–Kier alpha value is -1.46. The van der Waals surface area contributed by atoms with Crippen LogP contribution in [0.5, 0.6) is 0 Å². The molecule has 2 aliphatic rings. The SMILES string of the molecule is C[C@H](OC[C@H]1CCCO1)C(=O)N1CCCc2cccc(F)c21. The lowest BCUT2D eigenvalue weighted by molar-refractivity contribution is -0.131. The van der Waals surface area contributed by atoms with E-state index >= 15 is 0 Å². The van der Waals surface area contributed by atoms with Crippen molar-refractivity contribution < 1.29 is 18.7 Å². The van der Waals surface area contributed by atoms with Gasteiger partial charge in [-0.1, -0.05) is 12.1 Å². The number of para-hydroxylation sites is 1. The summed E-state index contributed by atoms with van der Waals surface area (Å²) in [6, 6.07) is 4.98. The van der Waals surface area contributed by atoms with Gasteiger partial charge in [0.1, 0.15) is 11.9 Å². The van der Waals surface area contributed by atoms with Gasteiger partial charge in [-0.25, -0.2) is 4.39 Å². The Labute approximate surface area is 130 Å². The molecule has 1 amide bonds. The van der Waals surface area contributed by atoms with Crippen LogP contribution in [0.25, 0.3) is 0 Å². The van der Waals surface area contributed by atoms with E-state index in [1.54, 1.807) is 13.0 Å². The molecule has 5 heteroatoms. The number of anilines is 1. The molecule has 2 atom stereocenters. The van der Waals surface area contributed by atoms with Crippen LogP contribution in [-0.2, 0) is 20.7 Å². The van der Waals surface area contributed by atoms with E-state index in [2.05, 4.69) is 0 Å². The van der Waals surface area contributed by atoms with E-state index in [9.17, 15) is 9.18 Å². The minimum atomic E-state index is -0.588. The topological polar surface area (TPSA) is 38.8 Å². The highest BCUT2D eigenvalue weighted by molar-refractivity contribution is 5.97. The maximum Gasteiger partial charge on any atom is 0.255 e. The molecule has 1 aromatic carbocycles. The summed E-state index contributed by atoms with van der Waals surface area (Å²) in [7, 11) is 0. The molecule has 0 unspecified atom stereocenters. The lowest BCUT2D eigenvalue weighted by atomic mass is 10.0. The van der Waals surface area contributed by atoms with Gasteiger partial charge in [0.2, 0.25) is 0 Å². The Morgan fingerprint density at radius 2 is 2.36 bits per heavy atom. The molecule has 2 heterocycles. The highest BCUT2D eigenvalue weighted by atomic mass is 19.1. The zero-order chi connectivity index (χ0) is 15.5. The van der Waals surface area contributed by atoms with Gasteiger partial charge in [0.05, 0.1) is 18.4 Å². The molecule has 1 saturated heterocycles. The number of carbonyl (C=O) groups is 1. The number of carbonyl (C=O) groups excluding carboxylic acids is 1. The van der Waals surface area contributed by atoms with Crippen molar-refractivity contribution in [3.05, 3.63) is 29.6 Å². The largest absolute Gasteiger partial charge is 0.376 e. The minimum absolute atomic E-state index is 0.0839. The summed E-state index contributed by atoms with van der Waals surface area (Å²) < 4.78 is 25.3. The Morgan fingerprint density at radius 3 is 3.14 bits per heavy atom. The molecule has 0 spiro atoms. The normalized spacial score (nSPS) is 22.5. The highest BCUT2D eigenvalue weighted by Crippen LogP contribution is 2.30. The summed E-state index contributed by atoms with van der Waals surface area (Å²) in [4.78, 5) is 14.1. The number of benzene rings is 1. The Kier molecular flexibility index (Phi) is 4.74. The Balaban J connectivity index is 1.67. The maximum atomic E-state index is 14.1. The molecule has 2 aliphatic heterocycles. The van der Waals surface area contributed by atoms with Crippen LogP contribution in [0.1, 0.15) is 31.7 Å². The molecule has 0 N–H and O–H groups in total. The first-order valence-corrected chi connectivity index (χ1v) is 7.99. The van der Waals surface area contributed by atoms with Gasteiger partial charge in [0.15, 0.2) is 0 Å². The summed E-state index contributed by atoms with van der Waals surface area (Å²) in [5.41, 5.74) is 1.32. The third-order valence-electron chi connectivity index (χ3n) is 4.34. The first-order valence-electron chi connectivity index (χ1n) is 7.99. The van der Waals surface area contributed by atoms with Crippen molar-refractivity contribution in [3.63, 3.8) is 0 Å². The molecular formula is C17H22FNO3. The van der Waals surface area contributed by atoms with Crippen molar-refractivity contribution in [2.24, 2.45) is 0 Å². The number of aryl methyl sites for hydroxylation is 1. The summed E-state index contributed by atoms with van der Waals surface area (Å²) >= 11 is 0. The van der Waals surface area contributed by atoms with Crippen molar-refractivity contribution in [1.82, 2.24) is 0 Å². The van der Waals surface area contributed by atoms with Crippen molar-refractivity contribution >= 4 is 11.6 Å². The minimum Gasteiger partial charge on any atom is -0.376 e. The average Bonchev–Trinajstić information content (AvgIpc) is 3.05. The number of hydrogen-bond acceptors (Lipinski definition) is 3. The van der Waals surface area contributed by atoms with Crippen molar-refractivity contribution in [1.29, 1.82) is 0 Å². The molecule has 0 aromatic heterocycles. The van der Waals surface area contributed by atoms with E-state index in [1.165, 1.54) is 11.0 Å². The fourth-order valence-corrected chi connectivity index (χ4v) is 3.14. The number of hydrogen-bond donors (Lipinski definition) is 0. The molecule has 120 valence electrons. The van der Waals surface area contributed by atoms with Gasteiger partial charge in [-0.15, -0.1) is 0 Å². The van der Waals surface area contributed by atoms with Crippen molar-refractivity contribution in [2.45, 2.75) is 44.8 Å². The number of rotatable bonds is 4. The molecule has 4 nitrogen and oxygen atoms in total. The quantitative estimate of drug-likeness (QED) is 0.858. The first kappa shape index (κ1) is 15.4. The highest BCUT2D eigenvalue weighted by Gasteiger charge is 2.29. The van der Waals surface area contributed by atoms with Gasteiger partial charge in [0, 0.05) is 13.2 Å². The lowest BCUT2D eigenvalue weighted by Gasteiger charge is -2.31. The second kappa shape index (κ2) is 6.75. The van der Waals surface area contributed by atoms with Gasteiger partial charge in [-0.3, -0.25) is 4.79 Å². The standard InChI is InChI=1S/C17H22FNO3/c1-12(22-11-14-7-4-10-21-14)17(20)19-9-3-6-13-5-2-8-15(18)16(13)19/h2,5,8,12,14H,3-4,6-7,9-11H2,1H3/t12-,14+/m0/s1. The van der Waals surface area contributed by atoms with Crippen LogP contribution in [0.4, 0.5) is 10.1 Å². The molecule has 1 aromatic rings. The molecular weight excluding hydrogens is 285 g/mol. The van der Waals surface area contributed by atoms with Gasteiger partial charge in [-0.2, -0.15) is 0 Å². The smallest absolute Gasteiger partial charge is 0.255 e. The van der Waals surface area contributed by atoms with Gasteiger partial charge in [-0.05, 0) is 44.2 Å². The number of nitrogens with zero attached hydrogens (tertiary/aromatic N) is 1. The molecule has 1 fully saturated rings. The summed E-state index contributed by atoms with van der Waals surface area (Å²) in [6.45, 7) is 3.46. The van der Waals surface area contributed by atoms with Crippen LogP contribution in [0.2, 0.25) is 0 Å². The van der Waals surface area contributed by atoms with Crippen LogP contribution < -0.4 is 4.90 Å². The number of amides is 1. The van der Waals surface area contributed by atoms with E-state index in [0.29, 0.717) is 18.8 Å². The summed E-state index contributed by atoms with van der Waals surface area (Å²) in [5, 5.41) is 0. The molecule has 0 saturated carbocycles. The predicted molar refractivity (Wildman–Crippen MR) is 81.5 cm³/mol. The van der Waals surface area contributed by atoms with E-state index in [4.69, 9.17) is 9.47 Å². The molecule has 0 radical (unpaired) electrons. The van der Waals surface area contributed by atoms with Crippen LogP contribution in [0.3, 0.4) is 0 Å². The lowest BCUT2D eigenvalue weighted by Crippen LogP contribution is -2.43. The van der Waals surface area contributed by atoms with Gasteiger partial charge < -0.3 is 14.4 Å². The second-order valence-electron chi connectivity index (χ2n) is 5.95. The number of halogens is 1. The number of fused-ring (bicyclic) bond motifs is 1. The van der Waals surface area contributed by atoms with E-state index in [0.717, 1.165) is 37.9 Å². The molecule has 3 rings (SSSR count). The molecule has 22 heavy (non-hydrogen) atoms. The predicted octanol–water partition coefficient (Wildman–Crippen LogP) is 2.69. The summed E-state index contributed by atoms with van der Waals surface area (Å²) in [5.74, 6) is -0.513. The van der Waals surface area contributed by atoms with Gasteiger partial charge >= 0.3 is 0 Å². The Morgan fingerprint density at radius 1 is 1.50 bits per heavy atom. The fourth-order valence-electron chi connectivity index (χ4n) is 3.14. The van der Waals surface area contributed by atoms with E-state index in [1.807, 2.05) is 6.07 Å². The van der Waals surface area contributed by atoms with Crippen molar-refractivity contribution in [3.8, 4) is 0 Å². The van der Waals surface area contributed by atoms with Crippen LogP contribution in [0.15, 0.2) is 18.2 Å². The third-order valence-corrected chi connectivity index (χ3v) is 4.34. The van der Waals surface area contributed by atoms with E-state index in [-0.39, 0.29) is 17.8 Å². The second-order valence-corrected chi connectivity index (χ2v) is 5.95. The molecule has 0 aliphatic carbocycles. The zero-order valence-corrected chi connectivity index (χ0v) is 12.9. The van der Waals surface area contributed by atoms with E-state index < -0.39 is 6.10 Å². The van der Waals surface area contributed by atoms with Crippen molar-refractivity contribution in [2.75, 3.05) is 24.7 Å². The van der Waals surface area contributed by atoms with Gasteiger partial charge in [0.25, 0.3) is 5.91 Å². The third kappa shape index (κ3) is 3.15. The average molecular weight is 307 g/mol. The first-order chi connectivity index (χ1) is 10.7. The summed E-state index contributed by atoms with van der Waals surface area (Å²) in [6.07, 6.45) is 3.17. The fraction of sp³-hybridized carbons (Fsp3) is 0.588. The van der Waals surface area contributed by atoms with Crippen LogP contribution in [-0.4, -0.2) is 37.9 Å². The monoisotopic (exact) mass is 307 g/mol. The van der Waals surface area contributed by atoms with Crippen LogP contribution in [0, 0.1) is 5.82 Å². The molecule has 0 bridgehead atoms. The zero-order valence-electron chi connectivity index (χ0n) is 12.9.